The molecule has 0 unspecified atom stereocenters. The first-order valence-electron chi connectivity index (χ1n) is 17.9. The summed E-state index contributed by atoms with van der Waals surface area (Å²) in [6, 6.07) is 61.0. The van der Waals surface area contributed by atoms with Crippen LogP contribution in [0.3, 0.4) is 0 Å². The lowest BCUT2D eigenvalue weighted by Crippen LogP contribution is -2.74. The monoisotopic (exact) mass is 695 g/mol. The van der Waals surface area contributed by atoms with Crippen LogP contribution < -0.4 is 20.1 Å². The highest BCUT2D eigenvalue weighted by Gasteiger charge is 2.49. The molecule has 11 aromatic rings. The first kappa shape index (κ1) is 28.6. The largest absolute Gasteiger partial charge is 0.336 e. The van der Waals surface area contributed by atoms with Crippen LogP contribution in [-0.4, -0.2) is 36.6 Å². The SMILES string of the molecule is [c-]1n(-c2nc3ccccc3[nH]2)c2ccccc2[n+]1-c1cccc2c1nc1n2[Si](c2ccccc2)(c2ccccc2)c2cccc3c4ccccc4n-1c23. The highest BCUT2D eigenvalue weighted by molar-refractivity contribution is 7.12. The second-order valence-corrected chi connectivity index (χ2v) is 17.3. The number of nitrogens with one attached hydrogen (secondary N) is 1. The van der Waals surface area contributed by atoms with Crippen molar-refractivity contribution < 1.29 is 4.57 Å². The van der Waals surface area contributed by atoms with Crippen molar-refractivity contribution in [1.29, 1.82) is 0 Å². The van der Waals surface area contributed by atoms with Crippen molar-refractivity contribution >= 4 is 78.7 Å². The zero-order valence-electron chi connectivity index (χ0n) is 28.3. The molecule has 0 radical (unpaired) electrons. The van der Waals surface area contributed by atoms with Gasteiger partial charge in [-0.1, -0.05) is 140 Å². The number of imidazole rings is 3. The molecule has 5 heterocycles. The van der Waals surface area contributed by atoms with Gasteiger partial charge in [-0.2, -0.15) is 0 Å². The van der Waals surface area contributed by atoms with E-state index in [2.05, 4.69) is 176 Å². The summed E-state index contributed by atoms with van der Waals surface area (Å²) in [6.07, 6.45) is 3.70. The molecule has 4 aromatic heterocycles. The van der Waals surface area contributed by atoms with Gasteiger partial charge in [0.05, 0.1) is 44.3 Å². The number of aromatic nitrogens is 7. The Balaban J connectivity index is 1.24. The predicted octanol–water partition coefficient (Wildman–Crippen LogP) is 6.86. The highest BCUT2D eigenvalue weighted by Crippen LogP contribution is 2.38. The van der Waals surface area contributed by atoms with E-state index in [9.17, 15) is 0 Å². The van der Waals surface area contributed by atoms with Crippen molar-refractivity contribution in [2.75, 3.05) is 0 Å². The van der Waals surface area contributed by atoms with Crippen molar-refractivity contribution in [2.24, 2.45) is 0 Å². The average molecular weight is 696 g/mol. The Hall–Kier alpha value is -7.03. The zero-order valence-corrected chi connectivity index (χ0v) is 29.3. The summed E-state index contributed by atoms with van der Waals surface area (Å²) in [5.41, 5.74) is 9.24. The van der Waals surface area contributed by atoms with Gasteiger partial charge >= 0.3 is 0 Å². The summed E-state index contributed by atoms with van der Waals surface area (Å²) >= 11 is 0. The summed E-state index contributed by atoms with van der Waals surface area (Å²) in [7, 11) is -3.03. The van der Waals surface area contributed by atoms with E-state index in [-0.39, 0.29) is 0 Å². The summed E-state index contributed by atoms with van der Waals surface area (Å²) in [5.74, 6) is 1.65. The molecule has 8 heteroatoms. The van der Waals surface area contributed by atoms with Crippen LogP contribution in [0.4, 0.5) is 0 Å². The second kappa shape index (κ2) is 10.5. The van der Waals surface area contributed by atoms with E-state index in [4.69, 9.17) is 9.97 Å². The fraction of sp³-hybridized carbons (Fsp3) is 0. The topological polar surface area (TPSA) is 60.2 Å². The van der Waals surface area contributed by atoms with Crippen LogP contribution in [0.5, 0.6) is 0 Å². The second-order valence-electron chi connectivity index (χ2n) is 13.7. The van der Waals surface area contributed by atoms with Crippen molar-refractivity contribution in [3.05, 3.63) is 176 Å². The third-order valence-electron chi connectivity index (χ3n) is 11.0. The molecule has 0 saturated heterocycles. The number of fused-ring (bicyclic) bond motifs is 9. The third kappa shape index (κ3) is 3.69. The number of aromatic amines is 1. The molecule has 0 bridgehead atoms. The first-order chi connectivity index (χ1) is 26.3. The minimum absolute atomic E-state index is 0.716. The summed E-state index contributed by atoms with van der Waals surface area (Å²) in [4.78, 5) is 14.2. The molecular formula is C45H29N7Si. The Morgan fingerprint density at radius 3 is 2.04 bits per heavy atom. The molecule has 0 saturated carbocycles. The molecule has 7 aromatic carbocycles. The number of para-hydroxylation sites is 7. The molecule has 1 aliphatic rings. The van der Waals surface area contributed by atoms with Crippen molar-refractivity contribution in [3.8, 4) is 17.6 Å². The number of nitrogens with zero attached hydrogens (tertiary/aromatic N) is 6. The van der Waals surface area contributed by atoms with Gasteiger partial charge in [-0.3, -0.25) is 13.7 Å². The maximum atomic E-state index is 5.73. The molecule has 53 heavy (non-hydrogen) atoms. The van der Waals surface area contributed by atoms with E-state index in [1.165, 1.54) is 31.8 Å². The van der Waals surface area contributed by atoms with Crippen molar-refractivity contribution in [1.82, 2.24) is 28.3 Å². The molecule has 7 nitrogen and oxygen atoms in total. The third-order valence-corrected chi connectivity index (χ3v) is 15.7. The van der Waals surface area contributed by atoms with Crippen LogP contribution in [0.2, 0.25) is 0 Å². The number of benzene rings is 7. The number of rotatable bonds is 4. The summed E-state index contributed by atoms with van der Waals surface area (Å²) in [6.45, 7) is 0. The predicted molar refractivity (Wildman–Crippen MR) is 214 cm³/mol. The highest BCUT2D eigenvalue weighted by atomic mass is 28.3. The summed E-state index contributed by atoms with van der Waals surface area (Å²) in [5, 5.41) is 6.44. The van der Waals surface area contributed by atoms with E-state index < -0.39 is 8.24 Å². The molecule has 1 N–H and O–H groups in total. The van der Waals surface area contributed by atoms with Gasteiger partial charge < -0.3 is 9.22 Å². The van der Waals surface area contributed by atoms with Crippen molar-refractivity contribution in [2.45, 2.75) is 0 Å². The van der Waals surface area contributed by atoms with Gasteiger partial charge in [0, 0.05) is 10.8 Å². The first-order valence-corrected chi connectivity index (χ1v) is 19.8. The fourth-order valence-corrected chi connectivity index (χ4v) is 13.9. The van der Waals surface area contributed by atoms with Gasteiger partial charge in [0.1, 0.15) is 5.52 Å². The Morgan fingerprint density at radius 1 is 0.566 bits per heavy atom. The smallest absolute Gasteiger partial charge is 0.272 e. The maximum absolute atomic E-state index is 5.73. The number of hydrogen-bond acceptors (Lipinski definition) is 2. The lowest BCUT2D eigenvalue weighted by Gasteiger charge is -2.39. The number of hydrogen-bond donors (Lipinski definition) is 1. The van der Waals surface area contributed by atoms with E-state index in [0.717, 1.165) is 50.3 Å². The van der Waals surface area contributed by atoms with Crippen LogP contribution in [0.15, 0.2) is 170 Å². The van der Waals surface area contributed by atoms with Gasteiger partial charge in [0.15, 0.2) is 0 Å². The molecule has 0 spiro atoms. The van der Waals surface area contributed by atoms with Gasteiger partial charge in [-0.05, 0) is 45.9 Å². The Bertz CT molecular complexity index is 3170. The van der Waals surface area contributed by atoms with E-state index >= 15 is 0 Å². The Labute approximate surface area is 304 Å². The molecular weight excluding hydrogens is 667 g/mol. The van der Waals surface area contributed by atoms with Crippen LogP contribution >= 0.6 is 0 Å². The quantitative estimate of drug-likeness (QED) is 0.124. The standard InChI is InChI=1S/C45H29N7Si/c1-3-15-30(16-4-1)53(31-17-5-2-6-18-31)41-28-13-20-33-32-19-7-10-23-36(32)51(43(33)41)45-48-42-39(26-14-27-40(42)52(45)53)49-29-50(38-25-12-11-24-37(38)49)44-46-34-21-8-9-22-35(34)47-44/h1-28H,(H,46,47). The van der Waals surface area contributed by atoms with Gasteiger partial charge in [0.2, 0.25) is 11.9 Å². The van der Waals surface area contributed by atoms with Gasteiger partial charge in [-0.25, -0.2) is 9.97 Å². The molecule has 1 aliphatic heterocycles. The Morgan fingerprint density at radius 2 is 1.23 bits per heavy atom. The van der Waals surface area contributed by atoms with Crippen LogP contribution in [0.25, 0.3) is 72.5 Å². The maximum Gasteiger partial charge on any atom is 0.272 e. The fourth-order valence-electron chi connectivity index (χ4n) is 8.91. The molecule has 12 rings (SSSR count). The van der Waals surface area contributed by atoms with Crippen LogP contribution in [-0.2, 0) is 0 Å². The van der Waals surface area contributed by atoms with E-state index in [1.807, 2.05) is 22.8 Å². The number of H-pyrrole nitrogens is 1. The lowest BCUT2D eigenvalue weighted by molar-refractivity contribution is -0.571. The van der Waals surface area contributed by atoms with Crippen LogP contribution in [0.1, 0.15) is 0 Å². The van der Waals surface area contributed by atoms with Gasteiger partial charge in [0.25, 0.3) is 14.6 Å². The Kier molecular flexibility index (Phi) is 5.68. The average Bonchev–Trinajstić information content (AvgIpc) is 4.00. The minimum atomic E-state index is -3.03. The van der Waals surface area contributed by atoms with E-state index in [1.54, 1.807) is 0 Å². The molecule has 248 valence electrons. The molecule has 0 aliphatic carbocycles. The zero-order chi connectivity index (χ0) is 34.7. The molecule has 0 atom stereocenters. The lowest BCUT2D eigenvalue weighted by atomic mass is 10.1. The van der Waals surface area contributed by atoms with E-state index in [0.29, 0.717) is 5.95 Å². The minimum Gasteiger partial charge on any atom is -0.336 e. The summed E-state index contributed by atoms with van der Waals surface area (Å²) < 4.78 is 9.20. The van der Waals surface area contributed by atoms with Crippen LogP contribution in [0, 0.1) is 6.33 Å². The van der Waals surface area contributed by atoms with Gasteiger partial charge in [-0.15, -0.1) is 0 Å². The van der Waals surface area contributed by atoms with Crippen molar-refractivity contribution in [3.63, 3.8) is 0 Å². The molecule has 0 amide bonds. The molecule has 0 fully saturated rings. The normalized spacial score (nSPS) is 13.4.